The molecule has 7 heteroatoms. The average Bonchev–Trinajstić information content (AvgIpc) is 2.75. The Balaban J connectivity index is 2.23. The molecule has 1 aliphatic rings. The molecule has 0 aliphatic heterocycles. The second-order valence-electron chi connectivity index (χ2n) is 5.46. The summed E-state index contributed by atoms with van der Waals surface area (Å²) in [5.41, 5.74) is 0.490. The van der Waals surface area contributed by atoms with Crippen LogP contribution >= 0.6 is 11.3 Å². The fourth-order valence-electron chi connectivity index (χ4n) is 2.57. The zero-order valence-corrected chi connectivity index (χ0v) is 13.2. The Hall–Kier alpha value is -0.920. The number of aromatic carboxylic acids is 1. The molecule has 0 atom stereocenters. The van der Waals surface area contributed by atoms with Gasteiger partial charge in [-0.05, 0) is 49.5 Å². The molecule has 1 aliphatic carbocycles. The highest BCUT2D eigenvalue weighted by atomic mass is 32.2. The largest absolute Gasteiger partial charge is 0.477 e. The number of sulfonamides is 1. The Labute approximate surface area is 123 Å². The van der Waals surface area contributed by atoms with Crippen molar-refractivity contribution < 1.29 is 18.3 Å². The van der Waals surface area contributed by atoms with Gasteiger partial charge in [0.05, 0.1) is 0 Å². The molecule has 1 fully saturated rings. The third-order valence-electron chi connectivity index (χ3n) is 3.72. The van der Waals surface area contributed by atoms with Crippen LogP contribution in [-0.4, -0.2) is 25.5 Å². The summed E-state index contributed by atoms with van der Waals surface area (Å²) in [4.78, 5) is 10.9. The second kappa shape index (κ2) is 5.83. The zero-order chi connectivity index (χ0) is 14.9. The van der Waals surface area contributed by atoms with Crippen LogP contribution in [0.3, 0.4) is 0 Å². The van der Waals surface area contributed by atoms with Crippen LogP contribution in [0.2, 0.25) is 0 Å². The normalized spacial score (nSPS) is 23.7. The van der Waals surface area contributed by atoms with Gasteiger partial charge in [-0.25, -0.2) is 17.9 Å². The minimum atomic E-state index is -3.76. The molecule has 0 spiro atoms. The third kappa shape index (κ3) is 3.21. The van der Waals surface area contributed by atoms with E-state index in [0.29, 0.717) is 11.5 Å². The molecule has 2 rings (SSSR count). The molecular formula is C13H19NO4S2. The van der Waals surface area contributed by atoms with Crippen LogP contribution in [0.1, 0.15) is 47.8 Å². The zero-order valence-electron chi connectivity index (χ0n) is 11.5. The van der Waals surface area contributed by atoms with E-state index in [0.717, 1.165) is 37.0 Å². The SMILES string of the molecule is Cc1csc(C(=O)O)c1S(=O)(=O)NC1CCC(C)CC1. The van der Waals surface area contributed by atoms with Gasteiger partial charge in [0, 0.05) is 6.04 Å². The van der Waals surface area contributed by atoms with Crippen molar-refractivity contribution in [1.29, 1.82) is 0 Å². The summed E-state index contributed by atoms with van der Waals surface area (Å²) in [6.45, 7) is 3.79. The van der Waals surface area contributed by atoms with E-state index in [1.165, 1.54) is 0 Å². The van der Waals surface area contributed by atoms with E-state index in [1.54, 1.807) is 12.3 Å². The summed E-state index contributed by atoms with van der Waals surface area (Å²) in [6.07, 6.45) is 3.63. The summed E-state index contributed by atoms with van der Waals surface area (Å²) in [5, 5.41) is 10.7. The van der Waals surface area contributed by atoms with Gasteiger partial charge in [-0.2, -0.15) is 0 Å². The van der Waals surface area contributed by atoms with Gasteiger partial charge in [0.1, 0.15) is 9.77 Å². The van der Waals surface area contributed by atoms with Crippen molar-refractivity contribution in [2.45, 2.75) is 50.5 Å². The van der Waals surface area contributed by atoms with Gasteiger partial charge in [0.15, 0.2) is 0 Å². The van der Waals surface area contributed by atoms with Gasteiger partial charge in [0.2, 0.25) is 10.0 Å². The van der Waals surface area contributed by atoms with E-state index >= 15 is 0 Å². The average molecular weight is 317 g/mol. The first-order valence-corrected chi connectivity index (χ1v) is 9.01. The van der Waals surface area contributed by atoms with Gasteiger partial charge in [0.25, 0.3) is 0 Å². The predicted octanol–water partition coefficient (Wildman–Crippen LogP) is 2.61. The van der Waals surface area contributed by atoms with Crippen LogP contribution in [0.4, 0.5) is 0 Å². The molecular weight excluding hydrogens is 298 g/mol. The topological polar surface area (TPSA) is 83.5 Å². The summed E-state index contributed by atoms with van der Waals surface area (Å²) in [5.74, 6) is -0.561. The Kier molecular flexibility index (Phi) is 4.51. The van der Waals surface area contributed by atoms with Crippen LogP contribution in [0.25, 0.3) is 0 Å². The van der Waals surface area contributed by atoms with Crippen molar-refractivity contribution in [3.8, 4) is 0 Å². The lowest BCUT2D eigenvalue weighted by Gasteiger charge is -2.26. The van der Waals surface area contributed by atoms with Gasteiger partial charge in [-0.3, -0.25) is 0 Å². The maximum Gasteiger partial charge on any atom is 0.347 e. The molecule has 2 N–H and O–H groups in total. The first-order chi connectivity index (χ1) is 9.31. The Bertz CT molecular complexity index is 598. The smallest absolute Gasteiger partial charge is 0.347 e. The molecule has 20 heavy (non-hydrogen) atoms. The maximum atomic E-state index is 12.4. The first kappa shape index (κ1) is 15.5. The first-order valence-electron chi connectivity index (χ1n) is 6.65. The maximum absolute atomic E-state index is 12.4. The van der Waals surface area contributed by atoms with E-state index in [4.69, 9.17) is 5.11 Å². The number of aryl methyl sites for hydroxylation is 1. The second-order valence-corrected chi connectivity index (χ2v) is 7.99. The molecule has 0 saturated heterocycles. The third-order valence-corrected chi connectivity index (χ3v) is 6.64. The molecule has 1 heterocycles. The van der Waals surface area contributed by atoms with Crippen molar-refractivity contribution in [2.24, 2.45) is 5.92 Å². The van der Waals surface area contributed by atoms with Crippen LogP contribution in [0.15, 0.2) is 10.3 Å². The molecule has 1 aromatic rings. The number of hydrogen-bond acceptors (Lipinski definition) is 4. The summed E-state index contributed by atoms with van der Waals surface area (Å²) in [6, 6.07) is -0.0860. The van der Waals surface area contributed by atoms with Gasteiger partial charge < -0.3 is 5.11 Å². The molecule has 0 aromatic carbocycles. The van der Waals surface area contributed by atoms with Crippen LogP contribution < -0.4 is 4.72 Å². The number of carbonyl (C=O) groups is 1. The molecule has 5 nitrogen and oxygen atoms in total. The van der Waals surface area contributed by atoms with Crippen molar-refractivity contribution >= 4 is 27.3 Å². The van der Waals surface area contributed by atoms with E-state index in [2.05, 4.69) is 11.6 Å². The Morgan fingerprint density at radius 3 is 2.50 bits per heavy atom. The van der Waals surface area contributed by atoms with Crippen LogP contribution in [-0.2, 0) is 10.0 Å². The van der Waals surface area contributed by atoms with Crippen molar-refractivity contribution in [3.63, 3.8) is 0 Å². The summed E-state index contributed by atoms with van der Waals surface area (Å²) in [7, 11) is -3.76. The molecule has 1 aromatic heterocycles. The number of carboxylic acid groups (broad SMARTS) is 1. The monoisotopic (exact) mass is 317 g/mol. The molecule has 1 saturated carbocycles. The Morgan fingerprint density at radius 2 is 1.95 bits per heavy atom. The summed E-state index contributed by atoms with van der Waals surface area (Å²) >= 11 is 0.955. The highest BCUT2D eigenvalue weighted by Crippen LogP contribution is 2.29. The number of thiophene rings is 1. The van der Waals surface area contributed by atoms with Crippen molar-refractivity contribution in [1.82, 2.24) is 4.72 Å². The van der Waals surface area contributed by atoms with E-state index in [-0.39, 0.29) is 15.8 Å². The fraction of sp³-hybridized carbons (Fsp3) is 0.615. The van der Waals surface area contributed by atoms with E-state index < -0.39 is 16.0 Å². The van der Waals surface area contributed by atoms with Crippen molar-refractivity contribution in [3.05, 3.63) is 15.8 Å². The molecule has 0 amide bonds. The number of rotatable bonds is 4. The van der Waals surface area contributed by atoms with Crippen LogP contribution in [0.5, 0.6) is 0 Å². The highest BCUT2D eigenvalue weighted by molar-refractivity contribution is 7.89. The number of nitrogens with one attached hydrogen (secondary N) is 1. The van der Waals surface area contributed by atoms with Gasteiger partial charge in [-0.1, -0.05) is 6.92 Å². The minimum absolute atomic E-state index is 0.0754. The lowest BCUT2D eigenvalue weighted by Crippen LogP contribution is -2.37. The number of carboxylic acids is 1. The quantitative estimate of drug-likeness (QED) is 0.894. The minimum Gasteiger partial charge on any atom is -0.477 e. The predicted molar refractivity (Wildman–Crippen MR) is 77.8 cm³/mol. The molecule has 0 radical (unpaired) electrons. The number of hydrogen-bond donors (Lipinski definition) is 2. The molecule has 0 unspecified atom stereocenters. The lowest BCUT2D eigenvalue weighted by molar-refractivity contribution is 0.0698. The van der Waals surface area contributed by atoms with Crippen molar-refractivity contribution in [2.75, 3.05) is 0 Å². The molecule has 0 bridgehead atoms. The van der Waals surface area contributed by atoms with E-state index in [1.807, 2.05) is 0 Å². The standard InChI is InChI=1S/C13H19NO4S2/c1-8-3-5-10(6-4-8)14-20(17,18)12-9(2)7-19-11(12)13(15)16/h7-8,10,14H,3-6H2,1-2H3,(H,15,16). The Morgan fingerprint density at radius 1 is 1.35 bits per heavy atom. The highest BCUT2D eigenvalue weighted by Gasteiger charge is 2.30. The van der Waals surface area contributed by atoms with E-state index in [9.17, 15) is 13.2 Å². The summed E-state index contributed by atoms with van der Waals surface area (Å²) < 4.78 is 27.5. The lowest BCUT2D eigenvalue weighted by atomic mass is 9.88. The van der Waals surface area contributed by atoms with Gasteiger partial charge in [-0.15, -0.1) is 11.3 Å². The van der Waals surface area contributed by atoms with Crippen LogP contribution in [0, 0.1) is 12.8 Å². The van der Waals surface area contributed by atoms with Gasteiger partial charge >= 0.3 is 5.97 Å². The molecule has 112 valence electrons. The fourth-order valence-corrected chi connectivity index (χ4v) is 5.51.